The number of hydrogen-bond donors (Lipinski definition) is 1. The molecule has 0 aromatic heterocycles. The van der Waals surface area contributed by atoms with Crippen LogP contribution < -0.4 is 9.62 Å². The summed E-state index contributed by atoms with van der Waals surface area (Å²) in [5.41, 5.74) is 0.635. The van der Waals surface area contributed by atoms with Crippen molar-refractivity contribution in [3.05, 3.63) is 62.1 Å². The van der Waals surface area contributed by atoms with Gasteiger partial charge < -0.3 is 10.2 Å². The summed E-state index contributed by atoms with van der Waals surface area (Å²) in [6.07, 6.45) is 1.66. The van der Waals surface area contributed by atoms with Crippen molar-refractivity contribution < 1.29 is 18.0 Å². The Kier molecular flexibility index (Phi) is 10.5. The number of hydrogen-bond acceptors (Lipinski definition) is 4. The lowest BCUT2D eigenvalue weighted by molar-refractivity contribution is -0.139. The zero-order chi connectivity index (χ0) is 26.5. The summed E-state index contributed by atoms with van der Waals surface area (Å²) in [6.45, 7) is 4.70. The molecule has 2 atom stereocenters. The van der Waals surface area contributed by atoms with E-state index in [-0.39, 0.29) is 29.2 Å². The highest BCUT2D eigenvalue weighted by Gasteiger charge is 2.31. The highest BCUT2D eigenvalue weighted by molar-refractivity contribution is 7.92. The first-order chi connectivity index (χ1) is 16.2. The van der Waals surface area contributed by atoms with Crippen LogP contribution in [0.25, 0.3) is 0 Å². The maximum atomic E-state index is 13.5. The van der Waals surface area contributed by atoms with Crippen LogP contribution >= 0.6 is 46.4 Å². The van der Waals surface area contributed by atoms with Crippen molar-refractivity contribution >= 4 is 73.9 Å². The van der Waals surface area contributed by atoms with E-state index in [0.29, 0.717) is 27.1 Å². The van der Waals surface area contributed by atoms with E-state index < -0.39 is 28.5 Å². The number of amides is 2. The van der Waals surface area contributed by atoms with Crippen molar-refractivity contribution in [3.63, 3.8) is 0 Å². The molecule has 2 rings (SSSR count). The zero-order valence-electron chi connectivity index (χ0n) is 19.7. The molecule has 12 heteroatoms. The summed E-state index contributed by atoms with van der Waals surface area (Å²) in [6, 6.07) is 8.03. The molecule has 7 nitrogen and oxygen atoms in total. The molecule has 2 aromatic rings. The molecule has 0 spiro atoms. The lowest BCUT2D eigenvalue weighted by atomic mass is 10.1. The standard InChI is InChI=1S/C23H27Cl4N3O4S/c1-5-14(2)28-23(32)15(3)29(12-16-6-7-17(24)10-19(16)26)22(31)13-30(35(4,33)34)21-9-8-18(25)11-20(21)27/h6-11,14-15H,5,12-13H2,1-4H3,(H,28,32)/t14-,15+/m1/s1. The zero-order valence-corrected chi connectivity index (χ0v) is 23.5. The smallest absolute Gasteiger partial charge is 0.244 e. The monoisotopic (exact) mass is 581 g/mol. The van der Waals surface area contributed by atoms with Gasteiger partial charge in [-0.05, 0) is 56.2 Å². The molecule has 1 N–H and O–H groups in total. The van der Waals surface area contributed by atoms with Gasteiger partial charge in [-0.25, -0.2) is 8.42 Å². The Hall–Kier alpha value is -1.71. The molecule has 0 aliphatic heterocycles. The summed E-state index contributed by atoms with van der Waals surface area (Å²) in [5.74, 6) is -1.01. The van der Waals surface area contributed by atoms with E-state index in [9.17, 15) is 18.0 Å². The molecule has 0 unspecified atom stereocenters. The van der Waals surface area contributed by atoms with Gasteiger partial charge in [-0.1, -0.05) is 59.4 Å². The Bertz CT molecular complexity index is 1190. The first-order valence-electron chi connectivity index (χ1n) is 10.7. The molecule has 35 heavy (non-hydrogen) atoms. The van der Waals surface area contributed by atoms with Crippen LogP contribution in [0.3, 0.4) is 0 Å². The van der Waals surface area contributed by atoms with Crippen LogP contribution in [0.4, 0.5) is 5.69 Å². The molecule has 192 valence electrons. The minimum absolute atomic E-state index is 0.0458. The topological polar surface area (TPSA) is 86.8 Å². The van der Waals surface area contributed by atoms with Crippen molar-refractivity contribution in [1.29, 1.82) is 0 Å². The van der Waals surface area contributed by atoms with Crippen molar-refractivity contribution in [1.82, 2.24) is 10.2 Å². The van der Waals surface area contributed by atoms with E-state index in [4.69, 9.17) is 46.4 Å². The number of anilines is 1. The second-order valence-corrected chi connectivity index (χ2v) is 11.7. The Balaban J connectivity index is 2.45. The van der Waals surface area contributed by atoms with Crippen LogP contribution in [0.5, 0.6) is 0 Å². The third kappa shape index (κ3) is 8.15. The summed E-state index contributed by atoms with van der Waals surface area (Å²) in [5, 5.41) is 3.95. The predicted molar refractivity (Wildman–Crippen MR) is 143 cm³/mol. The molecule has 0 bridgehead atoms. The van der Waals surface area contributed by atoms with Gasteiger partial charge in [0, 0.05) is 27.7 Å². The molecule has 0 heterocycles. The van der Waals surface area contributed by atoms with Gasteiger partial charge >= 0.3 is 0 Å². The average molecular weight is 583 g/mol. The van der Waals surface area contributed by atoms with Crippen molar-refractivity contribution in [2.45, 2.75) is 45.8 Å². The van der Waals surface area contributed by atoms with Crippen molar-refractivity contribution in [2.24, 2.45) is 0 Å². The number of benzene rings is 2. The van der Waals surface area contributed by atoms with E-state index in [2.05, 4.69) is 5.32 Å². The molecule has 0 radical (unpaired) electrons. The highest BCUT2D eigenvalue weighted by Crippen LogP contribution is 2.31. The van der Waals surface area contributed by atoms with E-state index in [1.54, 1.807) is 19.1 Å². The SMILES string of the molecule is CC[C@@H](C)NC(=O)[C@H](C)N(Cc1ccc(Cl)cc1Cl)C(=O)CN(c1ccc(Cl)cc1Cl)S(C)(=O)=O. The lowest BCUT2D eigenvalue weighted by Crippen LogP contribution is -2.52. The minimum Gasteiger partial charge on any atom is -0.352 e. The quantitative estimate of drug-likeness (QED) is 0.406. The molecule has 0 fully saturated rings. The first kappa shape index (κ1) is 29.5. The number of nitrogens with one attached hydrogen (secondary N) is 1. The largest absolute Gasteiger partial charge is 0.352 e. The van der Waals surface area contributed by atoms with Crippen LogP contribution in [0, 0.1) is 0 Å². The molecule has 0 aliphatic rings. The molecular formula is C23H27Cl4N3O4S. The Morgan fingerprint density at radius 2 is 1.54 bits per heavy atom. The average Bonchev–Trinajstić information content (AvgIpc) is 2.76. The van der Waals surface area contributed by atoms with E-state index in [0.717, 1.165) is 10.6 Å². The third-order valence-corrected chi connectivity index (χ3v) is 7.63. The Labute approximate surface area is 226 Å². The second-order valence-electron chi connectivity index (χ2n) is 8.12. The van der Waals surface area contributed by atoms with Crippen LogP contribution in [0.1, 0.15) is 32.8 Å². The number of carbonyl (C=O) groups excluding carboxylic acids is 2. The fraction of sp³-hybridized carbons (Fsp3) is 0.391. The third-order valence-electron chi connectivity index (χ3n) is 5.38. The van der Waals surface area contributed by atoms with Gasteiger partial charge in [0.25, 0.3) is 0 Å². The van der Waals surface area contributed by atoms with Gasteiger partial charge in [0.05, 0.1) is 17.0 Å². The van der Waals surface area contributed by atoms with Crippen LogP contribution in [-0.4, -0.2) is 50.0 Å². The van der Waals surface area contributed by atoms with Gasteiger partial charge in [0.15, 0.2) is 0 Å². The summed E-state index contributed by atoms with van der Waals surface area (Å²) < 4.78 is 26.1. The fourth-order valence-corrected chi connectivity index (χ4v) is 5.05. The minimum atomic E-state index is -3.92. The van der Waals surface area contributed by atoms with E-state index >= 15 is 0 Å². The number of sulfonamides is 1. The Morgan fingerprint density at radius 3 is 2.06 bits per heavy atom. The van der Waals surface area contributed by atoms with Crippen LogP contribution in [0.2, 0.25) is 20.1 Å². The number of nitrogens with zero attached hydrogens (tertiary/aromatic N) is 2. The van der Waals surface area contributed by atoms with Gasteiger partial charge in [-0.3, -0.25) is 13.9 Å². The molecular weight excluding hydrogens is 556 g/mol. The highest BCUT2D eigenvalue weighted by atomic mass is 35.5. The summed E-state index contributed by atoms with van der Waals surface area (Å²) in [4.78, 5) is 27.7. The normalized spacial score (nSPS) is 13.1. The number of carbonyl (C=O) groups is 2. The van der Waals surface area contributed by atoms with Crippen LogP contribution in [-0.2, 0) is 26.2 Å². The van der Waals surface area contributed by atoms with Crippen molar-refractivity contribution in [2.75, 3.05) is 17.1 Å². The van der Waals surface area contributed by atoms with Gasteiger partial charge in [-0.2, -0.15) is 0 Å². The lowest BCUT2D eigenvalue weighted by Gasteiger charge is -2.32. The van der Waals surface area contributed by atoms with E-state index in [1.807, 2.05) is 13.8 Å². The van der Waals surface area contributed by atoms with Gasteiger partial charge in [0.1, 0.15) is 12.6 Å². The van der Waals surface area contributed by atoms with Gasteiger partial charge in [-0.15, -0.1) is 0 Å². The fourth-order valence-electron chi connectivity index (χ4n) is 3.16. The van der Waals surface area contributed by atoms with Crippen LogP contribution in [0.15, 0.2) is 36.4 Å². The Morgan fingerprint density at radius 1 is 0.971 bits per heavy atom. The van der Waals surface area contributed by atoms with Gasteiger partial charge in [0.2, 0.25) is 21.8 Å². The predicted octanol–water partition coefficient (Wildman–Crippen LogP) is 5.40. The van der Waals surface area contributed by atoms with E-state index in [1.165, 1.54) is 29.2 Å². The summed E-state index contributed by atoms with van der Waals surface area (Å²) in [7, 11) is -3.92. The number of rotatable bonds is 10. The number of halogens is 4. The molecule has 0 saturated carbocycles. The molecule has 2 amide bonds. The molecule has 0 saturated heterocycles. The maximum absolute atomic E-state index is 13.5. The first-order valence-corrected chi connectivity index (χ1v) is 14.1. The molecule has 0 aliphatic carbocycles. The molecule has 2 aromatic carbocycles. The summed E-state index contributed by atoms with van der Waals surface area (Å²) >= 11 is 24.5. The second kappa shape index (κ2) is 12.5. The maximum Gasteiger partial charge on any atom is 0.244 e. The van der Waals surface area contributed by atoms with Crippen molar-refractivity contribution in [3.8, 4) is 0 Å².